The van der Waals surface area contributed by atoms with Crippen LogP contribution in [0.3, 0.4) is 0 Å². The van der Waals surface area contributed by atoms with E-state index in [9.17, 15) is 14.9 Å². The fourth-order valence-corrected chi connectivity index (χ4v) is 2.92. The van der Waals surface area contributed by atoms with Gasteiger partial charge in [-0.15, -0.1) is 0 Å². The lowest BCUT2D eigenvalue weighted by Gasteiger charge is -2.13. The molecule has 1 atom stereocenters. The second-order valence-electron chi connectivity index (χ2n) is 5.31. The second kappa shape index (κ2) is 6.79. The van der Waals surface area contributed by atoms with Crippen LogP contribution >= 0.6 is 11.9 Å². The molecule has 1 N–H and O–H groups in total. The zero-order valence-electron chi connectivity index (χ0n) is 12.8. The number of nitrogens with zero attached hydrogens (tertiary/aromatic N) is 2. The summed E-state index contributed by atoms with van der Waals surface area (Å²) in [7, 11) is 0. The quantitative estimate of drug-likeness (QED) is 0.500. The van der Waals surface area contributed by atoms with Crippen molar-refractivity contribution in [1.29, 1.82) is 0 Å². The molecule has 0 unspecified atom stereocenters. The van der Waals surface area contributed by atoms with E-state index >= 15 is 0 Å². The number of nitro benzene ring substituents is 1. The van der Waals surface area contributed by atoms with Crippen LogP contribution in [0.1, 0.15) is 6.92 Å². The first-order valence-corrected chi connectivity index (χ1v) is 8.10. The lowest BCUT2D eigenvalue weighted by atomic mass is 10.2. The number of non-ortho nitro benzene ring substituents is 1. The third-order valence-electron chi connectivity index (χ3n) is 3.48. The fraction of sp³-hybridized carbons (Fsp3) is 0.188. The Bertz CT molecular complexity index is 749. The van der Waals surface area contributed by atoms with Crippen LogP contribution in [0.5, 0.6) is 0 Å². The van der Waals surface area contributed by atoms with Gasteiger partial charge in [0, 0.05) is 28.4 Å². The Kier molecular flexibility index (Phi) is 4.57. The summed E-state index contributed by atoms with van der Waals surface area (Å²) in [6.45, 7) is 2.40. The zero-order chi connectivity index (χ0) is 17.1. The zero-order valence-corrected chi connectivity index (χ0v) is 13.7. The highest BCUT2D eigenvalue weighted by molar-refractivity contribution is 8.00. The highest BCUT2D eigenvalue weighted by Gasteiger charge is 2.29. The van der Waals surface area contributed by atoms with E-state index in [1.165, 1.54) is 24.1 Å². The third kappa shape index (κ3) is 3.60. The number of ether oxygens (including phenoxy) is 1. The number of benzene rings is 2. The van der Waals surface area contributed by atoms with Gasteiger partial charge in [0.05, 0.1) is 11.5 Å². The maximum Gasteiger partial charge on any atom is 0.414 e. The number of cyclic esters (lactones) is 1. The highest BCUT2D eigenvalue weighted by atomic mass is 32.2. The highest BCUT2D eigenvalue weighted by Crippen LogP contribution is 2.26. The average Bonchev–Trinajstić information content (AvgIpc) is 2.92. The maximum absolute atomic E-state index is 11.7. The molecule has 1 fully saturated rings. The minimum atomic E-state index is -0.426. The Morgan fingerprint density at radius 1 is 1.21 bits per heavy atom. The predicted octanol–water partition coefficient (Wildman–Crippen LogP) is 4.06. The molecule has 0 saturated carbocycles. The maximum atomic E-state index is 11.7. The molecule has 0 spiro atoms. The van der Waals surface area contributed by atoms with Crippen molar-refractivity contribution in [3.8, 4) is 0 Å². The molecule has 0 aliphatic carbocycles. The SMILES string of the molecule is C[C@@H]1CN(c2ccc(NSc3ccc([N+](=O)[O-])cc3)cc2)C(=O)O1. The van der Waals surface area contributed by atoms with Gasteiger partial charge in [0.2, 0.25) is 0 Å². The minimum absolute atomic E-state index is 0.0652. The normalized spacial score (nSPS) is 16.8. The predicted molar refractivity (Wildman–Crippen MR) is 92.3 cm³/mol. The molecular formula is C16H15N3O4S. The molecule has 2 aromatic carbocycles. The summed E-state index contributed by atoms with van der Waals surface area (Å²) in [4.78, 5) is 24.3. The molecule has 0 radical (unpaired) electrons. The van der Waals surface area contributed by atoms with Crippen LogP contribution in [-0.4, -0.2) is 23.7 Å². The van der Waals surface area contributed by atoms with Crippen molar-refractivity contribution in [2.24, 2.45) is 0 Å². The van der Waals surface area contributed by atoms with Crippen LogP contribution in [0.4, 0.5) is 21.9 Å². The summed E-state index contributed by atoms with van der Waals surface area (Å²) < 4.78 is 8.27. The average molecular weight is 345 g/mol. The van der Waals surface area contributed by atoms with E-state index in [1.54, 1.807) is 17.0 Å². The molecule has 1 saturated heterocycles. The van der Waals surface area contributed by atoms with Crippen molar-refractivity contribution in [3.05, 3.63) is 58.6 Å². The first-order chi connectivity index (χ1) is 11.5. The van der Waals surface area contributed by atoms with E-state index < -0.39 is 4.92 Å². The number of rotatable bonds is 5. The van der Waals surface area contributed by atoms with Crippen molar-refractivity contribution in [2.45, 2.75) is 17.9 Å². The molecule has 1 heterocycles. The topological polar surface area (TPSA) is 84.7 Å². The molecule has 2 aromatic rings. The van der Waals surface area contributed by atoms with Crippen LogP contribution in [0.25, 0.3) is 0 Å². The Hall–Kier alpha value is -2.74. The Morgan fingerprint density at radius 2 is 1.88 bits per heavy atom. The number of carbonyl (C=O) groups is 1. The van der Waals surface area contributed by atoms with Gasteiger partial charge in [0.15, 0.2) is 0 Å². The number of nitrogens with one attached hydrogen (secondary N) is 1. The summed E-state index contributed by atoms with van der Waals surface area (Å²) in [5.74, 6) is 0. The number of amides is 1. The van der Waals surface area contributed by atoms with Gasteiger partial charge in [-0.25, -0.2) is 4.79 Å². The van der Waals surface area contributed by atoms with Crippen LogP contribution < -0.4 is 9.62 Å². The first kappa shape index (κ1) is 16.1. The van der Waals surface area contributed by atoms with E-state index in [-0.39, 0.29) is 17.9 Å². The number of hydrogen-bond donors (Lipinski definition) is 1. The fourth-order valence-electron chi connectivity index (χ4n) is 2.28. The molecule has 24 heavy (non-hydrogen) atoms. The van der Waals surface area contributed by atoms with Crippen molar-refractivity contribution >= 4 is 35.1 Å². The number of nitro groups is 1. The Morgan fingerprint density at radius 3 is 2.42 bits per heavy atom. The second-order valence-corrected chi connectivity index (χ2v) is 6.19. The summed E-state index contributed by atoms with van der Waals surface area (Å²) >= 11 is 1.36. The van der Waals surface area contributed by atoms with Crippen molar-refractivity contribution < 1.29 is 14.5 Å². The van der Waals surface area contributed by atoms with Gasteiger partial charge >= 0.3 is 6.09 Å². The summed E-state index contributed by atoms with van der Waals surface area (Å²) in [5.41, 5.74) is 1.72. The first-order valence-electron chi connectivity index (χ1n) is 7.28. The largest absolute Gasteiger partial charge is 0.444 e. The standard InChI is InChI=1S/C16H15N3O4S/c1-11-10-18(16(20)23-11)13-4-2-12(3-5-13)17-24-15-8-6-14(7-9-15)19(21)22/h2-9,11,17H,10H2,1H3/t11-/m1/s1. The summed E-state index contributed by atoms with van der Waals surface area (Å²) in [6.07, 6.45) is -0.434. The van der Waals surface area contributed by atoms with Crippen LogP contribution in [-0.2, 0) is 4.74 Å². The molecule has 7 nitrogen and oxygen atoms in total. The summed E-state index contributed by atoms with van der Waals surface area (Å²) in [6, 6.07) is 13.7. The molecule has 1 aliphatic rings. The van der Waals surface area contributed by atoms with Gasteiger partial charge in [-0.05, 0) is 55.3 Å². The van der Waals surface area contributed by atoms with Crippen molar-refractivity contribution in [2.75, 3.05) is 16.2 Å². The van der Waals surface area contributed by atoms with Gasteiger partial charge in [0.25, 0.3) is 5.69 Å². The van der Waals surface area contributed by atoms with Gasteiger partial charge in [0.1, 0.15) is 6.10 Å². The van der Waals surface area contributed by atoms with E-state index in [0.29, 0.717) is 6.54 Å². The van der Waals surface area contributed by atoms with E-state index in [4.69, 9.17) is 4.74 Å². The van der Waals surface area contributed by atoms with E-state index in [1.807, 2.05) is 31.2 Å². The molecule has 124 valence electrons. The van der Waals surface area contributed by atoms with Gasteiger partial charge in [-0.2, -0.15) is 0 Å². The van der Waals surface area contributed by atoms with E-state index in [2.05, 4.69) is 4.72 Å². The van der Waals surface area contributed by atoms with Crippen molar-refractivity contribution in [3.63, 3.8) is 0 Å². The van der Waals surface area contributed by atoms with Crippen LogP contribution in [0.15, 0.2) is 53.4 Å². The third-order valence-corrected chi connectivity index (χ3v) is 4.32. The van der Waals surface area contributed by atoms with Crippen LogP contribution in [0.2, 0.25) is 0 Å². The van der Waals surface area contributed by atoms with Gasteiger partial charge in [-0.3, -0.25) is 15.0 Å². The Labute approximate surface area is 142 Å². The number of anilines is 2. The molecule has 8 heteroatoms. The van der Waals surface area contributed by atoms with E-state index in [0.717, 1.165) is 16.3 Å². The summed E-state index contributed by atoms with van der Waals surface area (Å²) in [5, 5.41) is 10.6. The Balaban J connectivity index is 1.60. The van der Waals surface area contributed by atoms with Gasteiger partial charge < -0.3 is 9.46 Å². The molecule has 3 rings (SSSR count). The number of carbonyl (C=O) groups excluding carboxylic acids is 1. The molecule has 0 aromatic heterocycles. The lowest BCUT2D eigenvalue weighted by Crippen LogP contribution is -2.23. The molecule has 1 aliphatic heterocycles. The monoisotopic (exact) mass is 345 g/mol. The van der Waals surface area contributed by atoms with Gasteiger partial charge in [-0.1, -0.05) is 0 Å². The number of hydrogen-bond acceptors (Lipinski definition) is 6. The van der Waals surface area contributed by atoms with Crippen LogP contribution in [0, 0.1) is 10.1 Å². The lowest BCUT2D eigenvalue weighted by molar-refractivity contribution is -0.384. The molecule has 1 amide bonds. The minimum Gasteiger partial charge on any atom is -0.444 e. The molecule has 0 bridgehead atoms. The smallest absolute Gasteiger partial charge is 0.414 e. The molecular weight excluding hydrogens is 330 g/mol. The van der Waals surface area contributed by atoms with Crippen molar-refractivity contribution in [1.82, 2.24) is 0 Å².